The summed E-state index contributed by atoms with van der Waals surface area (Å²) in [7, 11) is 0. The van der Waals surface area contributed by atoms with Crippen molar-refractivity contribution in [1.82, 2.24) is 14.6 Å². The third kappa shape index (κ3) is 2.66. The summed E-state index contributed by atoms with van der Waals surface area (Å²) in [6.07, 6.45) is 1.68. The Morgan fingerprint density at radius 3 is 3.00 bits per heavy atom. The number of hydrogen-bond donors (Lipinski definition) is 3. The largest absolute Gasteiger partial charge is 0.382 e. The number of benzene rings is 1. The molecule has 0 fully saturated rings. The van der Waals surface area contributed by atoms with Gasteiger partial charge in [-0.05, 0) is 36.8 Å². The number of nitrogens with one attached hydrogen (secondary N) is 2. The molecule has 2 aromatic heterocycles. The molecule has 0 amide bonds. The van der Waals surface area contributed by atoms with E-state index in [0.29, 0.717) is 23.7 Å². The first kappa shape index (κ1) is 13.0. The van der Waals surface area contributed by atoms with Gasteiger partial charge in [-0.3, -0.25) is 0 Å². The fraction of sp³-hybridized carbons (Fsp3) is 0.143. The summed E-state index contributed by atoms with van der Waals surface area (Å²) < 4.78 is 1.65. The van der Waals surface area contributed by atoms with E-state index in [1.54, 1.807) is 10.7 Å². The number of anilines is 2. The fourth-order valence-electron chi connectivity index (χ4n) is 2.11. The molecule has 7 heteroatoms. The molecule has 2 heterocycles. The van der Waals surface area contributed by atoms with Crippen LogP contribution in [0.15, 0.2) is 41.6 Å². The minimum absolute atomic E-state index is 0.446. The first-order valence-electron chi connectivity index (χ1n) is 6.48. The molecule has 106 valence electrons. The molecule has 7 nitrogen and oxygen atoms in total. The maximum Gasteiger partial charge on any atom is 0.155 e. The Morgan fingerprint density at radius 1 is 1.33 bits per heavy atom. The highest BCUT2D eigenvalue weighted by Gasteiger charge is 2.04. The van der Waals surface area contributed by atoms with Gasteiger partial charge in [-0.15, -0.1) is 0 Å². The van der Waals surface area contributed by atoms with Crippen LogP contribution in [0.2, 0.25) is 0 Å². The van der Waals surface area contributed by atoms with Gasteiger partial charge in [0, 0.05) is 0 Å². The molecule has 3 rings (SSSR count). The Hall–Kier alpha value is -2.96. The summed E-state index contributed by atoms with van der Waals surface area (Å²) >= 11 is 0. The molecular weight excluding hydrogens is 266 g/mol. The van der Waals surface area contributed by atoms with E-state index in [1.165, 1.54) is 0 Å². The van der Waals surface area contributed by atoms with Crippen LogP contribution in [0.3, 0.4) is 0 Å². The topological polar surface area (TPSA) is 104 Å². The molecule has 0 radical (unpaired) electrons. The van der Waals surface area contributed by atoms with E-state index >= 15 is 0 Å². The van der Waals surface area contributed by atoms with Crippen LogP contribution in [0.1, 0.15) is 11.3 Å². The maximum absolute atomic E-state index is 7.19. The molecule has 0 saturated heterocycles. The quantitative estimate of drug-likeness (QED) is 0.639. The number of nitrogens with two attached hydrogens (primary N) is 1. The highest BCUT2D eigenvalue weighted by Crippen LogP contribution is 2.26. The van der Waals surface area contributed by atoms with Crippen LogP contribution >= 0.6 is 0 Å². The highest BCUT2D eigenvalue weighted by molar-refractivity contribution is 5.66. The van der Waals surface area contributed by atoms with Crippen LogP contribution in [0.25, 0.3) is 5.65 Å². The number of nitrogens with zero attached hydrogens (tertiary/aromatic N) is 4. The van der Waals surface area contributed by atoms with Gasteiger partial charge in [0.15, 0.2) is 5.65 Å². The van der Waals surface area contributed by atoms with E-state index in [1.807, 2.05) is 37.3 Å². The Kier molecular flexibility index (Phi) is 3.23. The summed E-state index contributed by atoms with van der Waals surface area (Å²) in [4.78, 5) is 4.13. The fourth-order valence-corrected chi connectivity index (χ4v) is 2.11. The molecule has 0 unspecified atom stereocenters. The summed E-state index contributed by atoms with van der Waals surface area (Å²) in [5.41, 5.74) is 16.9. The Balaban J connectivity index is 1.82. The monoisotopic (exact) mass is 281 g/mol. The third-order valence-electron chi connectivity index (χ3n) is 3.13. The number of rotatable bonds is 4. The van der Waals surface area contributed by atoms with Crippen LogP contribution in [0, 0.1) is 12.5 Å². The van der Waals surface area contributed by atoms with Crippen molar-refractivity contribution < 1.29 is 0 Å². The van der Waals surface area contributed by atoms with E-state index in [0.717, 1.165) is 16.9 Å². The molecule has 0 spiro atoms. The van der Waals surface area contributed by atoms with Gasteiger partial charge in [-0.25, -0.2) is 15.0 Å². The SMILES string of the molecule is Cc1ccc(N=N)c(NCc2ccc3nc(N)cn3n2)c1. The Morgan fingerprint density at radius 2 is 2.19 bits per heavy atom. The zero-order valence-electron chi connectivity index (χ0n) is 11.5. The summed E-state index contributed by atoms with van der Waals surface area (Å²) in [5.74, 6) is 0.446. The van der Waals surface area contributed by atoms with Gasteiger partial charge >= 0.3 is 0 Å². The van der Waals surface area contributed by atoms with Gasteiger partial charge in [0.05, 0.1) is 24.1 Å². The van der Waals surface area contributed by atoms with Gasteiger partial charge in [0.1, 0.15) is 11.5 Å². The van der Waals surface area contributed by atoms with Crippen LogP contribution in [0.5, 0.6) is 0 Å². The average molecular weight is 281 g/mol. The summed E-state index contributed by atoms with van der Waals surface area (Å²) in [6.45, 7) is 2.53. The predicted octanol–water partition coefficient (Wildman–Crippen LogP) is 2.89. The predicted molar refractivity (Wildman–Crippen MR) is 80.7 cm³/mol. The lowest BCUT2D eigenvalue weighted by molar-refractivity contribution is 0.866. The van der Waals surface area contributed by atoms with Crippen molar-refractivity contribution in [3.05, 3.63) is 47.8 Å². The van der Waals surface area contributed by atoms with Crippen molar-refractivity contribution in [3.63, 3.8) is 0 Å². The highest BCUT2D eigenvalue weighted by atomic mass is 15.3. The molecular formula is C14H15N7. The van der Waals surface area contributed by atoms with E-state index in [2.05, 4.69) is 20.5 Å². The van der Waals surface area contributed by atoms with Gasteiger partial charge < -0.3 is 11.1 Å². The standard InChI is InChI=1S/C14H15N7/c1-9-2-4-11(19-16)12(6-9)17-7-10-3-5-14-18-13(15)8-21(14)20-10/h2-6,8,16-17H,7,15H2,1H3. The lowest BCUT2D eigenvalue weighted by Crippen LogP contribution is -2.04. The van der Waals surface area contributed by atoms with Crippen molar-refractivity contribution in [2.75, 3.05) is 11.1 Å². The molecule has 1 aromatic carbocycles. The molecule has 21 heavy (non-hydrogen) atoms. The first-order valence-corrected chi connectivity index (χ1v) is 6.48. The van der Waals surface area contributed by atoms with Gasteiger partial charge in [-0.2, -0.15) is 10.2 Å². The van der Waals surface area contributed by atoms with E-state index in [9.17, 15) is 0 Å². The molecule has 0 aliphatic carbocycles. The van der Waals surface area contributed by atoms with Gasteiger partial charge in [-0.1, -0.05) is 6.07 Å². The van der Waals surface area contributed by atoms with Crippen LogP contribution in [0.4, 0.5) is 17.2 Å². The van der Waals surface area contributed by atoms with Crippen molar-refractivity contribution in [2.45, 2.75) is 13.5 Å². The molecule has 0 aliphatic heterocycles. The van der Waals surface area contributed by atoms with Crippen molar-refractivity contribution in [3.8, 4) is 0 Å². The van der Waals surface area contributed by atoms with Gasteiger partial charge in [0.2, 0.25) is 0 Å². The van der Waals surface area contributed by atoms with Crippen molar-refractivity contribution in [1.29, 1.82) is 5.53 Å². The maximum atomic E-state index is 7.19. The molecule has 0 aliphatic rings. The van der Waals surface area contributed by atoms with E-state index in [-0.39, 0.29) is 0 Å². The number of aryl methyl sites for hydroxylation is 1. The summed E-state index contributed by atoms with van der Waals surface area (Å²) in [6, 6.07) is 9.46. The average Bonchev–Trinajstić information content (AvgIpc) is 2.84. The molecule has 0 bridgehead atoms. The zero-order chi connectivity index (χ0) is 14.8. The van der Waals surface area contributed by atoms with Crippen LogP contribution in [-0.2, 0) is 6.54 Å². The summed E-state index contributed by atoms with van der Waals surface area (Å²) in [5, 5.41) is 11.2. The van der Waals surface area contributed by atoms with Crippen molar-refractivity contribution in [2.24, 2.45) is 5.11 Å². The number of nitrogen functional groups attached to an aromatic ring is 1. The molecule has 0 atom stereocenters. The number of aromatic nitrogens is 3. The minimum Gasteiger partial charge on any atom is -0.382 e. The number of fused-ring (bicyclic) bond motifs is 1. The van der Waals surface area contributed by atoms with Crippen molar-refractivity contribution >= 4 is 22.8 Å². The lowest BCUT2D eigenvalue weighted by Gasteiger charge is -2.09. The second-order valence-electron chi connectivity index (χ2n) is 4.78. The van der Waals surface area contributed by atoms with Crippen LogP contribution in [-0.4, -0.2) is 14.6 Å². The zero-order valence-corrected chi connectivity index (χ0v) is 11.5. The second kappa shape index (κ2) is 5.20. The smallest absolute Gasteiger partial charge is 0.155 e. The van der Waals surface area contributed by atoms with E-state index in [4.69, 9.17) is 11.3 Å². The number of imidazole rings is 1. The molecule has 3 aromatic rings. The first-order chi connectivity index (χ1) is 10.2. The third-order valence-corrected chi connectivity index (χ3v) is 3.13. The second-order valence-corrected chi connectivity index (χ2v) is 4.78. The number of hydrogen-bond acceptors (Lipinski definition) is 6. The van der Waals surface area contributed by atoms with Gasteiger partial charge in [0.25, 0.3) is 0 Å². The Bertz CT molecular complexity index is 806. The normalized spacial score (nSPS) is 10.7. The lowest BCUT2D eigenvalue weighted by atomic mass is 10.2. The minimum atomic E-state index is 0.446. The molecule has 4 N–H and O–H groups in total. The Labute approximate surface area is 121 Å². The van der Waals surface area contributed by atoms with E-state index < -0.39 is 0 Å². The molecule has 0 saturated carbocycles. The van der Waals surface area contributed by atoms with Crippen LogP contribution < -0.4 is 11.1 Å².